The van der Waals surface area contributed by atoms with E-state index in [0.717, 1.165) is 109 Å². The number of unbranched alkanes of at least 4 members (excludes halogenated alkanes) is 24. The van der Waals surface area contributed by atoms with Gasteiger partial charge in [0, 0.05) is 19.4 Å². The number of carbonyl (C=O) groups is 2. The summed E-state index contributed by atoms with van der Waals surface area (Å²) in [4.78, 5) is 35.3. The lowest BCUT2D eigenvalue weighted by atomic mass is 10.0. The van der Waals surface area contributed by atoms with Crippen LogP contribution in [0.15, 0.2) is 122 Å². The Morgan fingerprint density at radius 2 is 0.675 bits per heavy atom. The number of rotatable bonds is 57. The Morgan fingerprint density at radius 3 is 1.00 bits per heavy atom. The summed E-state index contributed by atoms with van der Waals surface area (Å²) in [5.41, 5.74) is 5.39. The van der Waals surface area contributed by atoms with Crippen LogP contribution in [0.3, 0.4) is 0 Å². The van der Waals surface area contributed by atoms with Gasteiger partial charge in [-0.2, -0.15) is 0 Å². The van der Waals surface area contributed by atoms with Crippen molar-refractivity contribution in [3.8, 4) is 0 Å². The van der Waals surface area contributed by atoms with Crippen LogP contribution in [0.25, 0.3) is 0 Å². The van der Waals surface area contributed by atoms with E-state index < -0.39 is 32.5 Å². The van der Waals surface area contributed by atoms with Gasteiger partial charge in [-0.05, 0) is 103 Å². The minimum absolute atomic E-state index is 0.0469. The molecule has 0 aliphatic rings. The highest BCUT2D eigenvalue weighted by Gasteiger charge is 2.26. The topological polar surface area (TPSA) is 134 Å². The molecule has 0 aliphatic heterocycles. The Balaban J connectivity index is 3.95. The molecule has 77 heavy (non-hydrogen) atoms. The van der Waals surface area contributed by atoms with E-state index in [9.17, 15) is 19.0 Å². The zero-order valence-corrected chi connectivity index (χ0v) is 50.0. The molecule has 0 fully saturated rings. The molecule has 10 heteroatoms. The Morgan fingerprint density at radius 1 is 0.390 bits per heavy atom. The van der Waals surface area contributed by atoms with Gasteiger partial charge in [0.25, 0.3) is 0 Å². The fourth-order valence-corrected chi connectivity index (χ4v) is 9.10. The van der Waals surface area contributed by atoms with E-state index in [1.807, 2.05) is 0 Å². The summed E-state index contributed by atoms with van der Waals surface area (Å²) in [6, 6.07) is 0. The molecule has 0 aliphatic carbocycles. The molecule has 0 rings (SSSR count). The van der Waals surface area contributed by atoms with E-state index in [1.54, 1.807) is 0 Å². The predicted molar refractivity (Wildman–Crippen MR) is 330 cm³/mol. The largest absolute Gasteiger partial charge is 0.472 e. The zero-order valence-electron chi connectivity index (χ0n) is 49.2. The maximum Gasteiger partial charge on any atom is 0.472 e. The van der Waals surface area contributed by atoms with Crippen molar-refractivity contribution in [2.45, 2.75) is 264 Å². The SMILES string of the molecule is CC/C=C\C/C=C\C/C=C\C/C=C\C/C=C\CCCCCCCCCCCCCCCCCCCC(=O)OC(COC(=O)CCCCCCCCC/C=C\C/C=C\C/C=C\C/C=C\C/C=C\CC)COP(=O)(O)OCCN. The number of hydrogen-bond acceptors (Lipinski definition) is 8. The monoisotopic (exact) mass is 1090 g/mol. The Bertz CT molecular complexity index is 1670. The van der Waals surface area contributed by atoms with Crippen molar-refractivity contribution >= 4 is 19.8 Å². The second-order valence-electron chi connectivity index (χ2n) is 20.2. The molecule has 0 saturated heterocycles. The van der Waals surface area contributed by atoms with E-state index in [4.69, 9.17) is 24.3 Å². The van der Waals surface area contributed by atoms with Gasteiger partial charge in [-0.1, -0.05) is 264 Å². The second kappa shape index (κ2) is 61.6. The Kier molecular flexibility index (Phi) is 58.7. The molecule has 3 N–H and O–H groups in total. The number of phosphoric ester groups is 1. The maximum atomic E-state index is 12.7. The normalized spacial score (nSPS) is 13.9. The van der Waals surface area contributed by atoms with Crippen LogP contribution in [0.1, 0.15) is 258 Å². The number of nitrogens with two attached hydrogens (primary N) is 1. The van der Waals surface area contributed by atoms with Crippen LogP contribution in [-0.4, -0.2) is 49.3 Å². The molecular formula is C67H114NO8P. The van der Waals surface area contributed by atoms with Crippen LogP contribution in [0.2, 0.25) is 0 Å². The minimum atomic E-state index is -4.40. The van der Waals surface area contributed by atoms with Gasteiger partial charge < -0.3 is 20.1 Å². The summed E-state index contributed by atoms with van der Waals surface area (Å²) >= 11 is 0. The standard InChI is InChI=1S/C67H114NO8P/c1-3-5-7-9-11-13-15-17-19-21-23-25-27-28-29-30-31-32-33-34-35-36-38-40-42-44-46-48-50-52-54-56-58-60-67(70)76-65(64-75-77(71,72)74-62-61-68)63-73-66(69)59-57-55-53-51-49-47-45-43-41-39-37-26-24-22-20-18-16-14-12-10-8-6-4-2/h5-8,11-14,17-20,23-26,28-29,39,41,65H,3-4,9-10,15-16,21-22,27,30-38,40,42-64,68H2,1-2H3,(H,71,72)/b7-5-,8-6-,13-11-,14-12-,19-17-,20-18-,25-23-,26-24-,29-28-,41-39-. The number of hydrogen-bond donors (Lipinski definition) is 2. The maximum absolute atomic E-state index is 12.7. The van der Waals surface area contributed by atoms with E-state index in [0.29, 0.717) is 12.8 Å². The number of allylic oxidation sites excluding steroid dienone is 20. The summed E-state index contributed by atoms with van der Waals surface area (Å²) in [5, 5.41) is 0. The average molecular weight is 1090 g/mol. The van der Waals surface area contributed by atoms with Gasteiger partial charge in [0.15, 0.2) is 6.10 Å². The van der Waals surface area contributed by atoms with Gasteiger partial charge in [-0.3, -0.25) is 18.6 Å². The van der Waals surface area contributed by atoms with Gasteiger partial charge in [0.2, 0.25) is 0 Å². The van der Waals surface area contributed by atoms with Gasteiger partial charge in [0.1, 0.15) is 6.61 Å². The zero-order chi connectivity index (χ0) is 55.9. The van der Waals surface area contributed by atoms with Gasteiger partial charge in [-0.15, -0.1) is 0 Å². The summed E-state index contributed by atoms with van der Waals surface area (Å²) in [6.07, 6.45) is 85.5. The van der Waals surface area contributed by atoms with E-state index in [-0.39, 0.29) is 32.6 Å². The first-order chi connectivity index (χ1) is 37.8. The van der Waals surface area contributed by atoms with Crippen molar-refractivity contribution in [3.05, 3.63) is 122 Å². The van der Waals surface area contributed by atoms with Crippen LogP contribution < -0.4 is 5.73 Å². The fourth-order valence-electron chi connectivity index (χ4n) is 8.34. The number of phosphoric acid groups is 1. The minimum Gasteiger partial charge on any atom is -0.462 e. The van der Waals surface area contributed by atoms with Gasteiger partial charge in [0.05, 0.1) is 13.2 Å². The molecule has 0 aromatic carbocycles. The lowest BCUT2D eigenvalue weighted by molar-refractivity contribution is -0.161. The quantitative estimate of drug-likeness (QED) is 0.0264. The molecular weight excluding hydrogens is 978 g/mol. The van der Waals surface area contributed by atoms with Gasteiger partial charge in [-0.25, -0.2) is 4.57 Å². The molecule has 0 amide bonds. The molecule has 0 heterocycles. The molecule has 0 spiro atoms. The Hall–Kier alpha value is -3.59. The summed E-state index contributed by atoms with van der Waals surface area (Å²) in [7, 11) is -4.40. The predicted octanol–water partition coefficient (Wildman–Crippen LogP) is 20.0. The average Bonchev–Trinajstić information content (AvgIpc) is 3.42. The molecule has 0 bridgehead atoms. The van der Waals surface area contributed by atoms with Crippen molar-refractivity contribution in [3.63, 3.8) is 0 Å². The number of carbonyl (C=O) groups excluding carboxylic acids is 2. The first-order valence-electron chi connectivity index (χ1n) is 31.0. The number of ether oxygens (including phenoxy) is 2. The van der Waals surface area contributed by atoms with Crippen molar-refractivity contribution in [2.75, 3.05) is 26.4 Å². The third kappa shape index (κ3) is 61.5. The molecule has 9 nitrogen and oxygen atoms in total. The highest BCUT2D eigenvalue weighted by molar-refractivity contribution is 7.47. The van der Waals surface area contributed by atoms with Crippen LogP contribution in [0.5, 0.6) is 0 Å². The molecule has 0 saturated carbocycles. The third-order valence-electron chi connectivity index (χ3n) is 12.8. The van der Waals surface area contributed by atoms with Gasteiger partial charge >= 0.3 is 19.8 Å². The molecule has 2 unspecified atom stereocenters. The van der Waals surface area contributed by atoms with E-state index in [2.05, 4.69) is 135 Å². The first-order valence-corrected chi connectivity index (χ1v) is 32.5. The van der Waals surface area contributed by atoms with Crippen LogP contribution in [0, 0.1) is 0 Å². The molecule has 0 radical (unpaired) electrons. The van der Waals surface area contributed by atoms with Crippen LogP contribution >= 0.6 is 7.82 Å². The molecule has 440 valence electrons. The second-order valence-corrected chi connectivity index (χ2v) is 21.6. The number of esters is 2. The molecule has 2 atom stereocenters. The van der Waals surface area contributed by atoms with Crippen molar-refractivity contribution < 1.29 is 37.6 Å². The lowest BCUT2D eigenvalue weighted by Crippen LogP contribution is -2.29. The first kappa shape index (κ1) is 73.4. The van der Waals surface area contributed by atoms with Crippen LogP contribution in [0.4, 0.5) is 0 Å². The molecule has 0 aromatic heterocycles. The van der Waals surface area contributed by atoms with E-state index >= 15 is 0 Å². The summed E-state index contributed by atoms with van der Waals surface area (Å²) in [5.74, 6) is -0.841. The smallest absolute Gasteiger partial charge is 0.462 e. The van der Waals surface area contributed by atoms with Crippen molar-refractivity contribution in [1.29, 1.82) is 0 Å². The van der Waals surface area contributed by atoms with Crippen molar-refractivity contribution in [1.82, 2.24) is 0 Å². The highest BCUT2D eigenvalue weighted by Crippen LogP contribution is 2.43. The fraction of sp³-hybridized carbons (Fsp3) is 0.672. The lowest BCUT2D eigenvalue weighted by Gasteiger charge is -2.19. The highest BCUT2D eigenvalue weighted by atomic mass is 31.2. The third-order valence-corrected chi connectivity index (χ3v) is 13.8. The Labute approximate surface area is 472 Å². The van der Waals surface area contributed by atoms with E-state index in [1.165, 1.54) is 109 Å². The summed E-state index contributed by atoms with van der Waals surface area (Å²) < 4.78 is 33.1. The van der Waals surface area contributed by atoms with Crippen LogP contribution in [-0.2, 0) is 32.7 Å². The van der Waals surface area contributed by atoms with Crippen molar-refractivity contribution in [2.24, 2.45) is 5.73 Å². The summed E-state index contributed by atoms with van der Waals surface area (Å²) in [6.45, 7) is 3.51. The molecule has 0 aromatic rings.